The molecule has 1 aliphatic heterocycles. The van der Waals surface area contributed by atoms with Crippen LogP contribution in [0.5, 0.6) is 0 Å². The number of aliphatic carboxylic acids is 1. The molecule has 6 nitrogen and oxygen atoms in total. The maximum atomic E-state index is 13.0. The summed E-state index contributed by atoms with van der Waals surface area (Å²) < 4.78 is 10.5. The number of carbonyl (C=O) groups is 2. The summed E-state index contributed by atoms with van der Waals surface area (Å²) >= 11 is 0. The summed E-state index contributed by atoms with van der Waals surface area (Å²) in [4.78, 5) is 25.8. The topological polar surface area (TPSA) is 76.1 Å². The number of hydrogen-bond donors (Lipinski definition) is 1. The van der Waals surface area contributed by atoms with Gasteiger partial charge in [-0.2, -0.15) is 0 Å². The Kier molecular flexibility index (Phi) is 5.22. The number of nitrogens with zero attached hydrogens (tertiary/aromatic N) is 1. The largest absolute Gasteiger partial charge is 0.479 e. The number of morpholine rings is 1. The molecular weight excluding hydrogens is 274 g/mol. The number of methoxy groups -OCH3 is 1. The van der Waals surface area contributed by atoms with Gasteiger partial charge in [0, 0.05) is 20.3 Å². The zero-order chi connectivity index (χ0) is 15.5. The molecule has 1 saturated carbocycles. The Morgan fingerprint density at radius 3 is 2.57 bits per heavy atom. The second-order valence-electron chi connectivity index (χ2n) is 6.21. The van der Waals surface area contributed by atoms with Gasteiger partial charge >= 0.3 is 5.97 Å². The lowest BCUT2D eigenvalue weighted by Crippen LogP contribution is -2.55. The second-order valence-corrected chi connectivity index (χ2v) is 6.21. The molecule has 0 spiro atoms. The van der Waals surface area contributed by atoms with Crippen molar-refractivity contribution in [3.8, 4) is 0 Å². The molecule has 1 heterocycles. The summed E-state index contributed by atoms with van der Waals surface area (Å²) in [5.41, 5.74) is -0.365. The minimum atomic E-state index is -1.00. The molecule has 120 valence electrons. The molecule has 0 aromatic carbocycles. The quantitative estimate of drug-likeness (QED) is 0.827. The minimum Gasteiger partial charge on any atom is -0.479 e. The standard InChI is InChI=1S/C15H25NO5/c1-11-9-16(10-12(21-11)13(17)18)14(19)15(7-8-20-2)5-3-4-6-15/h11-12H,3-10H2,1-2H3,(H,17,18)/t11-,12?/m1/s1. The Hall–Kier alpha value is -1.14. The van der Waals surface area contributed by atoms with Gasteiger partial charge in [0.2, 0.25) is 5.91 Å². The predicted molar refractivity (Wildman–Crippen MR) is 75.9 cm³/mol. The zero-order valence-corrected chi connectivity index (χ0v) is 12.8. The van der Waals surface area contributed by atoms with Crippen molar-refractivity contribution in [2.24, 2.45) is 5.41 Å². The number of carboxylic acids is 1. The van der Waals surface area contributed by atoms with Crippen LogP contribution in [0.3, 0.4) is 0 Å². The van der Waals surface area contributed by atoms with E-state index in [0.29, 0.717) is 19.6 Å². The Balaban J connectivity index is 2.10. The second kappa shape index (κ2) is 6.75. The summed E-state index contributed by atoms with van der Waals surface area (Å²) in [6.45, 7) is 2.99. The lowest BCUT2D eigenvalue weighted by molar-refractivity contribution is -0.170. The van der Waals surface area contributed by atoms with Crippen molar-refractivity contribution in [3.63, 3.8) is 0 Å². The van der Waals surface area contributed by atoms with Crippen molar-refractivity contribution in [1.29, 1.82) is 0 Å². The van der Waals surface area contributed by atoms with Gasteiger partial charge in [0.05, 0.1) is 18.1 Å². The molecule has 2 fully saturated rings. The van der Waals surface area contributed by atoms with Crippen LogP contribution in [0.4, 0.5) is 0 Å². The lowest BCUT2D eigenvalue weighted by Gasteiger charge is -2.40. The Morgan fingerprint density at radius 2 is 2.00 bits per heavy atom. The van der Waals surface area contributed by atoms with E-state index in [4.69, 9.17) is 14.6 Å². The Morgan fingerprint density at radius 1 is 1.33 bits per heavy atom. The highest BCUT2D eigenvalue weighted by atomic mass is 16.5. The number of rotatable bonds is 5. The van der Waals surface area contributed by atoms with Gasteiger partial charge in [-0.05, 0) is 26.2 Å². The number of carbonyl (C=O) groups excluding carboxylic acids is 1. The molecule has 2 rings (SSSR count). The van der Waals surface area contributed by atoms with Gasteiger partial charge in [0.25, 0.3) is 0 Å². The van der Waals surface area contributed by atoms with Crippen LogP contribution in [-0.4, -0.2) is 60.9 Å². The van der Waals surface area contributed by atoms with Crippen molar-refractivity contribution >= 4 is 11.9 Å². The summed E-state index contributed by atoms with van der Waals surface area (Å²) in [6, 6.07) is 0. The SMILES string of the molecule is COCCC1(C(=O)N2CC(C(=O)O)O[C@H](C)C2)CCCC1. The molecule has 0 radical (unpaired) electrons. The van der Waals surface area contributed by atoms with E-state index in [1.807, 2.05) is 6.92 Å². The average molecular weight is 299 g/mol. The first-order valence-electron chi connectivity index (χ1n) is 7.65. The van der Waals surface area contributed by atoms with Crippen LogP contribution < -0.4 is 0 Å². The van der Waals surface area contributed by atoms with Crippen molar-refractivity contribution in [3.05, 3.63) is 0 Å². The highest BCUT2D eigenvalue weighted by molar-refractivity contribution is 5.84. The van der Waals surface area contributed by atoms with E-state index in [-0.39, 0.29) is 24.0 Å². The van der Waals surface area contributed by atoms with Gasteiger partial charge in [-0.3, -0.25) is 4.79 Å². The van der Waals surface area contributed by atoms with Gasteiger partial charge < -0.3 is 19.5 Å². The molecule has 6 heteroatoms. The Labute approximate surface area is 125 Å². The fourth-order valence-corrected chi connectivity index (χ4v) is 3.51. The maximum absolute atomic E-state index is 13.0. The van der Waals surface area contributed by atoms with E-state index in [1.54, 1.807) is 12.0 Å². The first-order chi connectivity index (χ1) is 9.98. The van der Waals surface area contributed by atoms with Crippen LogP contribution in [0.1, 0.15) is 39.0 Å². The molecule has 2 atom stereocenters. The molecule has 1 amide bonds. The van der Waals surface area contributed by atoms with Crippen molar-refractivity contribution in [2.75, 3.05) is 26.8 Å². The normalized spacial score (nSPS) is 28.6. The van der Waals surface area contributed by atoms with Crippen molar-refractivity contribution in [2.45, 2.75) is 51.2 Å². The van der Waals surface area contributed by atoms with Crippen LogP contribution in [0.2, 0.25) is 0 Å². The molecule has 1 N–H and O–H groups in total. The average Bonchev–Trinajstić information content (AvgIpc) is 2.93. The van der Waals surface area contributed by atoms with Gasteiger partial charge in [0.1, 0.15) is 0 Å². The zero-order valence-electron chi connectivity index (χ0n) is 12.8. The van der Waals surface area contributed by atoms with Crippen LogP contribution in [0.15, 0.2) is 0 Å². The van der Waals surface area contributed by atoms with E-state index in [9.17, 15) is 9.59 Å². The first kappa shape index (κ1) is 16.2. The smallest absolute Gasteiger partial charge is 0.334 e. The number of hydrogen-bond acceptors (Lipinski definition) is 4. The van der Waals surface area contributed by atoms with Crippen LogP contribution in [-0.2, 0) is 19.1 Å². The van der Waals surface area contributed by atoms with Gasteiger partial charge in [0.15, 0.2) is 6.10 Å². The molecule has 0 bridgehead atoms. The summed E-state index contributed by atoms with van der Waals surface area (Å²) in [5.74, 6) is -0.921. The van der Waals surface area contributed by atoms with Crippen LogP contribution >= 0.6 is 0 Å². The van der Waals surface area contributed by atoms with Gasteiger partial charge in [-0.25, -0.2) is 4.79 Å². The molecule has 0 aromatic heterocycles. The van der Waals surface area contributed by atoms with Gasteiger partial charge in [-0.15, -0.1) is 0 Å². The predicted octanol–water partition coefficient (Wildman–Crippen LogP) is 1.28. The highest BCUT2D eigenvalue weighted by Crippen LogP contribution is 2.43. The summed E-state index contributed by atoms with van der Waals surface area (Å²) in [6.07, 6.45) is 3.40. The van der Waals surface area contributed by atoms with Gasteiger partial charge in [-0.1, -0.05) is 12.8 Å². The molecular formula is C15H25NO5. The third-order valence-electron chi connectivity index (χ3n) is 4.62. The monoisotopic (exact) mass is 299 g/mol. The number of ether oxygens (including phenoxy) is 2. The minimum absolute atomic E-state index is 0.0819. The number of carboxylic acid groups (broad SMARTS) is 1. The Bertz CT molecular complexity index is 392. The molecule has 1 saturated heterocycles. The van der Waals surface area contributed by atoms with Crippen molar-refractivity contribution in [1.82, 2.24) is 4.90 Å². The fraction of sp³-hybridized carbons (Fsp3) is 0.867. The van der Waals surface area contributed by atoms with Crippen molar-refractivity contribution < 1.29 is 24.2 Å². The van der Waals surface area contributed by atoms with Crippen LogP contribution in [0, 0.1) is 5.41 Å². The third-order valence-corrected chi connectivity index (χ3v) is 4.62. The fourth-order valence-electron chi connectivity index (χ4n) is 3.51. The van der Waals surface area contributed by atoms with E-state index < -0.39 is 12.1 Å². The highest BCUT2D eigenvalue weighted by Gasteiger charge is 2.45. The van der Waals surface area contributed by atoms with E-state index in [2.05, 4.69) is 0 Å². The summed E-state index contributed by atoms with van der Waals surface area (Å²) in [5, 5.41) is 9.14. The number of amides is 1. The summed E-state index contributed by atoms with van der Waals surface area (Å²) in [7, 11) is 1.64. The third kappa shape index (κ3) is 3.55. The van der Waals surface area contributed by atoms with E-state index in [1.165, 1.54) is 0 Å². The lowest BCUT2D eigenvalue weighted by atomic mass is 9.81. The maximum Gasteiger partial charge on any atom is 0.334 e. The molecule has 2 aliphatic rings. The first-order valence-corrected chi connectivity index (χ1v) is 7.65. The van der Waals surface area contributed by atoms with Crippen LogP contribution in [0.25, 0.3) is 0 Å². The molecule has 1 aliphatic carbocycles. The molecule has 1 unspecified atom stereocenters. The molecule has 21 heavy (non-hydrogen) atoms. The van der Waals surface area contributed by atoms with E-state index in [0.717, 1.165) is 25.7 Å². The molecule has 0 aromatic rings. The van der Waals surface area contributed by atoms with E-state index >= 15 is 0 Å².